The molecule has 3 unspecified atom stereocenters. The van der Waals surface area contributed by atoms with Crippen LogP contribution in [0.5, 0.6) is 0 Å². The van der Waals surface area contributed by atoms with E-state index in [1.807, 2.05) is 26.8 Å². The van der Waals surface area contributed by atoms with E-state index >= 15 is 0 Å². The number of nitrogens with zero attached hydrogens (tertiary/aromatic N) is 1. The molecule has 0 aromatic rings. The van der Waals surface area contributed by atoms with E-state index in [1.54, 1.807) is 20.1 Å². The number of esters is 1. The van der Waals surface area contributed by atoms with Crippen LogP contribution >= 0.6 is 0 Å². The van der Waals surface area contributed by atoms with E-state index in [4.69, 9.17) is 23.7 Å². The summed E-state index contributed by atoms with van der Waals surface area (Å²) in [4.78, 5) is 57.7. The first kappa shape index (κ1) is 46.9. The molecule has 3 fully saturated rings. The standard InChI is InChI=1S/C44H69NO12/c1-10-13-31-19-25(2)18-26(3)20-37(54-8)40-38(55-9)22-28(5)44(52,57-40)41(49)42(50)45-17-12-11-14-32(45)43(51)56-39(29(6)34(47)24-35(31)48)27(4)21-30-15-16-33(46)36(23-30)53-7/h10,19,26-27,29-34,36-40,46-47,52H,1,5,11-18,20-24H2,2-4,6-9H3/b25-19+/t26-,27?,29+,30-,31+,32?,33+,34-,36+,37-,38-,39+,40?,44+/m0/s1. The van der Waals surface area contributed by atoms with Gasteiger partial charge in [0.25, 0.3) is 17.5 Å². The zero-order valence-corrected chi connectivity index (χ0v) is 35.2. The Morgan fingerprint density at radius 3 is 2.28 bits per heavy atom. The molecule has 4 aliphatic rings. The number of hydrogen-bond donors (Lipinski definition) is 3. The SMILES string of the molecule is C=CC[C@@H]1/C=C(\C)C[C@H](C)C[C@H](OC)C2O[C@](O)(C(=C)C[C@@H]2OC)C(=O)C(=O)N2CCCCC2C(=O)O[C@H](C(C)C[C@@H]2CC[C@@H](O)[C@H](OC)C2)[C@H](C)[C@@H](O)CC1=O. The van der Waals surface area contributed by atoms with Crippen LogP contribution in [0.15, 0.2) is 36.5 Å². The Kier molecular flexibility index (Phi) is 17.2. The Hall–Kier alpha value is -2.78. The number of rotatable bonds is 8. The predicted octanol–water partition coefficient (Wildman–Crippen LogP) is 4.64. The lowest BCUT2D eigenvalue weighted by Crippen LogP contribution is -2.62. The highest BCUT2D eigenvalue weighted by atomic mass is 16.7. The van der Waals surface area contributed by atoms with Crippen LogP contribution in [0.25, 0.3) is 0 Å². The maximum absolute atomic E-state index is 14.3. The van der Waals surface area contributed by atoms with Gasteiger partial charge in [-0.05, 0) is 94.5 Å². The van der Waals surface area contributed by atoms with Crippen molar-refractivity contribution in [2.75, 3.05) is 27.9 Å². The number of cyclic esters (lactones) is 1. The van der Waals surface area contributed by atoms with Gasteiger partial charge in [-0.15, -0.1) is 6.58 Å². The van der Waals surface area contributed by atoms with Gasteiger partial charge in [0, 0.05) is 52.6 Å². The van der Waals surface area contributed by atoms with Crippen molar-refractivity contribution < 1.29 is 58.2 Å². The van der Waals surface area contributed by atoms with Gasteiger partial charge in [-0.25, -0.2) is 4.79 Å². The lowest BCUT2D eigenvalue weighted by molar-refractivity contribution is -0.259. The van der Waals surface area contributed by atoms with E-state index in [-0.39, 0.29) is 61.0 Å². The minimum Gasteiger partial charge on any atom is -0.460 e. The van der Waals surface area contributed by atoms with E-state index in [1.165, 1.54) is 14.2 Å². The van der Waals surface area contributed by atoms with Gasteiger partial charge < -0.3 is 43.9 Å². The Labute approximate surface area is 339 Å². The summed E-state index contributed by atoms with van der Waals surface area (Å²) in [5.41, 5.74) is 0.911. The summed E-state index contributed by atoms with van der Waals surface area (Å²) in [6.07, 6.45) is 3.54. The molecular weight excluding hydrogens is 734 g/mol. The van der Waals surface area contributed by atoms with Crippen LogP contribution in [0.3, 0.4) is 0 Å². The number of ether oxygens (including phenoxy) is 5. The topological polar surface area (TPSA) is 178 Å². The lowest BCUT2D eigenvalue weighted by atomic mass is 9.76. The number of fused-ring (bicyclic) bond motifs is 3. The summed E-state index contributed by atoms with van der Waals surface area (Å²) in [5, 5.41) is 34.1. The summed E-state index contributed by atoms with van der Waals surface area (Å²) in [5.74, 6) is -7.32. The van der Waals surface area contributed by atoms with Gasteiger partial charge in [0.15, 0.2) is 0 Å². The number of carbonyl (C=O) groups is 4. The third-order valence-corrected chi connectivity index (χ3v) is 13.0. The molecule has 2 bridgehead atoms. The largest absolute Gasteiger partial charge is 0.460 e. The fourth-order valence-corrected chi connectivity index (χ4v) is 9.61. The second-order valence-corrected chi connectivity index (χ2v) is 17.3. The number of methoxy groups -OCH3 is 3. The van der Waals surface area contributed by atoms with Crippen LogP contribution in [0.1, 0.15) is 105 Å². The molecule has 13 heteroatoms. The number of ketones is 2. The van der Waals surface area contributed by atoms with Gasteiger partial charge in [0.1, 0.15) is 24.0 Å². The van der Waals surface area contributed by atoms with E-state index in [9.17, 15) is 34.5 Å². The molecule has 0 spiro atoms. The van der Waals surface area contributed by atoms with Crippen LogP contribution in [0.2, 0.25) is 0 Å². The molecule has 1 amide bonds. The molecule has 1 saturated carbocycles. The van der Waals surface area contributed by atoms with Crippen LogP contribution in [0, 0.1) is 29.6 Å². The third-order valence-electron chi connectivity index (χ3n) is 13.0. The Balaban J connectivity index is 1.75. The zero-order valence-electron chi connectivity index (χ0n) is 35.2. The van der Waals surface area contributed by atoms with Crippen LogP contribution in [-0.2, 0) is 42.9 Å². The number of carbonyl (C=O) groups excluding carboxylic acids is 4. The molecule has 322 valence electrons. The molecule has 57 heavy (non-hydrogen) atoms. The van der Waals surface area contributed by atoms with Gasteiger partial charge in [0.2, 0.25) is 0 Å². The number of amides is 1. The molecule has 3 aliphatic heterocycles. The molecule has 0 aromatic carbocycles. The molecule has 3 N–H and O–H groups in total. The van der Waals surface area contributed by atoms with Crippen molar-refractivity contribution in [1.29, 1.82) is 0 Å². The monoisotopic (exact) mass is 803 g/mol. The summed E-state index contributed by atoms with van der Waals surface area (Å²) in [6, 6.07) is -1.15. The van der Waals surface area contributed by atoms with Crippen molar-refractivity contribution >= 4 is 23.4 Å². The second kappa shape index (κ2) is 21.0. The van der Waals surface area contributed by atoms with Crippen molar-refractivity contribution in [2.45, 2.75) is 159 Å². The van der Waals surface area contributed by atoms with Gasteiger partial charge in [-0.1, -0.05) is 45.1 Å². The van der Waals surface area contributed by atoms with Crippen molar-refractivity contribution in [3.05, 3.63) is 36.5 Å². The van der Waals surface area contributed by atoms with E-state index in [2.05, 4.69) is 13.2 Å². The van der Waals surface area contributed by atoms with Crippen LogP contribution in [-0.4, -0.2) is 126 Å². The summed E-state index contributed by atoms with van der Waals surface area (Å²) < 4.78 is 29.6. The summed E-state index contributed by atoms with van der Waals surface area (Å²) in [7, 11) is 4.57. The van der Waals surface area contributed by atoms with Crippen molar-refractivity contribution in [3.8, 4) is 0 Å². The first-order chi connectivity index (χ1) is 27.0. The van der Waals surface area contributed by atoms with Crippen molar-refractivity contribution in [2.24, 2.45) is 29.6 Å². The average Bonchev–Trinajstić information content (AvgIpc) is 3.18. The Morgan fingerprint density at radius 2 is 1.63 bits per heavy atom. The number of aliphatic hydroxyl groups is 3. The normalized spacial score (nSPS) is 39.9. The molecule has 1 aliphatic carbocycles. The van der Waals surface area contributed by atoms with Crippen LogP contribution < -0.4 is 0 Å². The molecule has 3 heterocycles. The first-order valence-electron chi connectivity index (χ1n) is 20.9. The predicted molar refractivity (Wildman–Crippen MR) is 213 cm³/mol. The highest BCUT2D eigenvalue weighted by Crippen LogP contribution is 2.39. The van der Waals surface area contributed by atoms with E-state index in [0.717, 1.165) is 16.9 Å². The van der Waals surface area contributed by atoms with Crippen LogP contribution in [0.4, 0.5) is 0 Å². The zero-order chi connectivity index (χ0) is 42.2. The summed E-state index contributed by atoms with van der Waals surface area (Å²) in [6.45, 7) is 15.6. The lowest BCUT2D eigenvalue weighted by Gasteiger charge is -2.45. The maximum Gasteiger partial charge on any atom is 0.329 e. The number of piperidine rings is 1. The molecule has 4 rings (SSSR count). The molecular formula is C44H69NO12. The Bertz CT molecular complexity index is 1460. The second-order valence-electron chi connectivity index (χ2n) is 17.3. The highest BCUT2D eigenvalue weighted by molar-refractivity contribution is 6.39. The third kappa shape index (κ3) is 11.3. The molecule has 2 saturated heterocycles. The van der Waals surface area contributed by atoms with Gasteiger partial charge >= 0.3 is 5.97 Å². The summed E-state index contributed by atoms with van der Waals surface area (Å²) >= 11 is 0. The van der Waals surface area contributed by atoms with E-state index < -0.39 is 77.9 Å². The van der Waals surface area contributed by atoms with Gasteiger partial charge in [-0.2, -0.15) is 0 Å². The fraction of sp³-hybridized carbons (Fsp3) is 0.773. The van der Waals surface area contributed by atoms with Gasteiger partial charge in [-0.3, -0.25) is 14.4 Å². The maximum atomic E-state index is 14.3. The highest BCUT2D eigenvalue weighted by Gasteiger charge is 2.55. The first-order valence-corrected chi connectivity index (χ1v) is 20.9. The van der Waals surface area contributed by atoms with E-state index in [0.29, 0.717) is 51.4 Å². The smallest absolute Gasteiger partial charge is 0.329 e. The number of Topliss-reactive ketones (excluding diaryl/α,β-unsaturated/α-hetero) is 2. The van der Waals surface area contributed by atoms with Crippen molar-refractivity contribution in [3.63, 3.8) is 0 Å². The average molecular weight is 804 g/mol. The molecule has 13 nitrogen and oxygen atoms in total. The Morgan fingerprint density at radius 1 is 0.947 bits per heavy atom. The molecule has 0 radical (unpaired) electrons. The number of aliphatic hydroxyl groups excluding tert-OH is 2. The molecule has 0 aromatic heterocycles. The quantitative estimate of drug-likeness (QED) is 0.176. The number of hydrogen-bond acceptors (Lipinski definition) is 12. The minimum atomic E-state index is -2.70. The molecule has 14 atom stereocenters. The number of allylic oxidation sites excluding steroid dienone is 3. The fourth-order valence-electron chi connectivity index (χ4n) is 9.61. The van der Waals surface area contributed by atoms with Crippen molar-refractivity contribution in [1.82, 2.24) is 4.90 Å². The van der Waals surface area contributed by atoms with Gasteiger partial charge in [0.05, 0.1) is 30.5 Å². The minimum absolute atomic E-state index is 0.00632.